The second-order valence-electron chi connectivity index (χ2n) is 8.44. The van der Waals surface area contributed by atoms with Crippen molar-refractivity contribution in [2.45, 2.75) is 32.0 Å². The molecule has 1 atom stereocenters. The number of rotatable bonds is 7. The van der Waals surface area contributed by atoms with Crippen molar-refractivity contribution < 1.29 is 8.78 Å². The van der Waals surface area contributed by atoms with Gasteiger partial charge in [-0.1, -0.05) is 29.5 Å². The molecule has 188 valence electrons. The van der Waals surface area contributed by atoms with Gasteiger partial charge in [-0.25, -0.2) is 8.78 Å². The van der Waals surface area contributed by atoms with Crippen LogP contribution in [0.1, 0.15) is 24.0 Å². The Bertz CT molecular complexity index is 1210. The molecule has 10 heteroatoms. The Morgan fingerprint density at radius 2 is 1.63 bits per heavy atom. The summed E-state index contributed by atoms with van der Waals surface area (Å²) < 4.78 is 28.2. The number of nitrogens with zero attached hydrogens (tertiary/aromatic N) is 3. The second-order valence-corrected chi connectivity index (χ2v) is 8.44. The van der Waals surface area contributed by atoms with E-state index in [9.17, 15) is 8.78 Å². The molecule has 2 heterocycles. The molecule has 2 N–H and O–H groups in total. The molecule has 0 aliphatic carbocycles. The minimum Gasteiger partial charge on any atom is -0.313 e. The molecule has 35 heavy (non-hydrogen) atoms. The van der Waals surface area contributed by atoms with E-state index in [4.69, 9.17) is 0 Å². The summed E-state index contributed by atoms with van der Waals surface area (Å²) >= 11 is 0. The van der Waals surface area contributed by atoms with Crippen molar-refractivity contribution in [3.63, 3.8) is 0 Å². The second kappa shape index (κ2) is 13.1. The highest BCUT2D eigenvalue weighted by Crippen LogP contribution is 2.26. The van der Waals surface area contributed by atoms with E-state index in [1.54, 1.807) is 18.2 Å². The van der Waals surface area contributed by atoms with Crippen LogP contribution in [-0.2, 0) is 13.1 Å². The highest BCUT2D eigenvalue weighted by molar-refractivity contribution is 5.86. The highest BCUT2D eigenvalue weighted by atomic mass is 35.5. The molecule has 4 aromatic rings. The molecule has 0 unspecified atom stereocenters. The SMILES string of the molecule is Cl.Cl.Cl.Fc1ccc(CN(Cc2cc(-c3ccc4[nH]nnc4c3)ccc2F)C[C@H]2CCCN2)cc1. The molecular formula is C25H28Cl3F2N5. The smallest absolute Gasteiger partial charge is 0.127 e. The fourth-order valence-electron chi connectivity index (χ4n) is 4.39. The van der Waals surface area contributed by atoms with E-state index in [1.165, 1.54) is 18.2 Å². The van der Waals surface area contributed by atoms with Gasteiger partial charge < -0.3 is 5.32 Å². The van der Waals surface area contributed by atoms with Crippen LogP contribution >= 0.6 is 37.2 Å². The van der Waals surface area contributed by atoms with Gasteiger partial charge in [0, 0.05) is 31.2 Å². The minimum atomic E-state index is -0.249. The monoisotopic (exact) mass is 541 g/mol. The third-order valence-corrected chi connectivity index (χ3v) is 6.06. The number of aromatic nitrogens is 3. The Kier molecular flexibility index (Phi) is 10.9. The predicted molar refractivity (Wildman–Crippen MR) is 143 cm³/mol. The van der Waals surface area contributed by atoms with Gasteiger partial charge in [-0.3, -0.25) is 10.00 Å². The average Bonchev–Trinajstić information content (AvgIpc) is 3.48. The molecule has 0 radical (unpaired) electrons. The van der Waals surface area contributed by atoms with Gasteiger partial charge in [-0.05, 0) is 72.5 Å². The Balaban J connectivity index is 0.00000144. The van der Waals surface area contributed by atoms with Crippen LogP contribution in [-0.4, -0.2) is 39.4 Å². The van der Waals surface area contributed by atoms with Crippen LogP contribution in [0.5, 0.6) is 0 Å². The normalized spacial score (nSPS) is 14.9. The number of nitrogens with one attached hydrogen (secondary N) is 2. The molecule has 1 aliphatic heterocycles. The van der Waals surface area contributed by atoms with Crippen LogP contribution in [0.4, 0.5) is 8.78 Å². The van der Waals surface area contributed by atoms with Gasteiger partial charge in [0.15, 0.2) is 0 Å². The van der Waals surface area contributed by atoms with Gasteiger partial charge in [0.05, 0.1) is 5.52 Å². The van der Waals surface area contributed by atoms with E-state index in [0.717, 1.165) is 53.7 Å². The van der Waals surface area contributed by atoms with Crippen molar-refractivity contribution in [2.75, 3.05) is 13.1 Å². The molecule has 0 saturated carbocycles. The zero-order valence-corrected chi connectivity index (χ0v) is 21.4. The van der Waals surface area contributed by atoms with Crippen molar-refractivity contribution in [1.29, 1.82) is 0 Å². The summed E-state index contributed by atoms with van der Waals surface area (Å²) in [6.07, 6.45) is 2.27. The zero-order valence-electron chi connectivity index (χ0n) is 18.9. The molecule has 1 aromatic heterocycles. The molecule has 1 fully saturated rings. The van der Waals surface area contributed by atoms with Crippen molar-refractivity contribution in [3.8, 4) is 11.1 Å². The topological polar surface area (TPSA) is 56.8 Å². The summed E-state index contributed by atoms with van der Waals surface area (Å²) in [5.41, 5.74) is 5.20. The molecule has 3 aromatic carbocycles. The molecule has 0 bridgehead atoms. The molecule has 1 aliphatic rings. The average molecular weight is 543 g/mol. The van der Waals surface area contributed by atoms with Crippen LogP contribution in [0.2, 0.25) is 0 Å². The quantitative estimate of drug-likeness (QED) is 0.304. The lowest BCUT2D eigenvalue weighted by Crippen LogP contribution is -2.37. The maximum Gasteiger partial charge on any atom is 0.127 e. The summed E-state index contributed by atoms with van der Waals surface area (Å²) in [6, 6.07) is 18.0. The fraction of sp³-hybridized carbons (Fsp3) is 0.280. The standard InChI is InChI=1S/C25H25F2N5.3ClH/c26-21-7-3-17(4-8-21)14-32(16-22-2-1-11-28-22)15-20-12-18(5-9-23(20)27)19-6-10-24-25(13-19)30-31-29-24;;;/h3-10,12-13,22,28H,1-2,11,14-16H2,(H,29,30,31);3*1H/t22-;;;/m1.../s1. The summed E-state index contributed by atoms with van der Waals surface area (Å²) in [5.74, 6) is -0.472. The number of H-pyrrole nitrogens is 1. The van der Waals surface area contributed by atoms with E-state index in [0.29, 0.717) is 24.7 Å². The number of hydrogen-bond donors (Lipinski definition) is 2. The van der Waals surface area contributed by atoms with Gasteiger partial charge in [-0.2, -0.15) is 0 Å². The number of fused-ring (bicyclic) bond motifs is 1. The van der Waals surface area contributed by atoms with Crippen molar-refractivity contribution in [1.82, 2.24) is 25.6 Å². The van der Waals surface area contributed by atoms with Crippen LogP contribution < -0.4 is 5.32 Å². The molecule has 1 saturated heterocycles. The molecule has 5 rings (SSSR count). The van der Waals surface area contributed by atoms with Gasteiger partial charge in [-0.15, -0.1) is 42.3 Å². The first-order valence-electron chi connectivity index (χ1n) is 10.9. The Morgan fingerprint density at radius 3 is 2.37 bits per heavy atom. The lowest BCUT2D eigenvalue weighted by molar-refractivity contribution is 0.230. The van der Waals surface area contributed by atoms with E-state index in [2.05, 4.69) is 25.6 Å². The summed E-state index contributed by atoms with van der Waals surface area (Å²) in [6.45, 7) is 2.93. The van der Waals surface area contributed by atoms with Gasteiger partial charge in [0.1, 0.15) is 17.2 Å². The summed E-state index contributed by atoms with van der Waals surface area (Å²) in [4.78, 5) is 2.24. The van der Waals surface area contributed by atoms with Gasteiger partial charge in [0.25, 0.3) is 0 Å². The van der Waals surface area contributed by atoms with Crippen LogP contribution in [0.15, 0.2) is 60.7 Å². The third kappa shape index (κ3) is 7.12. The zero-order chi connectivity index (χ0) is 21.9. The van der Waals surface area contributed by atoms with Crippen molar-refractivity contribution in [3.05, 3.63) is 83.4 Å². The van der Waals surface area contributed by atoms with Crippen LogP contribution in [0, 0.1) is 11.6 Å². The van der Waals surface area contributed by atoms with Crippen molar-refractivity contribution >= 4 is 48.3 Å². The lowest BCUT2D eigenvalue weighted by atomic mass is 10.0. The van der Waals surface area contributed by atoms with E-state index in [-0.39, 0.29) is 48.9 Å². The van der Waals surface area contributed by atoms with E-state index in [1.807, 2.05) is 24.3 Å². The Labute approximate surface area is 221 Å². The number of hydrogen-bond acceptors (Lipinski definition) is 4. The van der Waals surface area contributed by atoms with Gasteiger partial charge in [0.2, 0.25) is 0 Å². The Morgan fingerprint density at radius 1 is 0.886 bits per heavy atom. The molecule has 5 nitrogen and oxygen atoms in total. The van der Waals surface area contributed by atoms with Crippen LogP contribution in [0.25, 0.3) is 22.2 Å². The first kappa shape index (κ1) is 28.9. The predicted octanol–water partition coefficient (Wildman–Crippen LogP) is 5.92. The Hall–Kier alpha value is -2.29. The number of halogens is 5. The maximum absolute atomic E-state index is 14.8. The summed E-state index contributed by atoms with van der Waals surface area (Å²) in [5, 5.41) is 14.3. The van der Waals surface area contributed by atoms with Crippen LogP contribution in [0.3, 0.4) is 0 Å². The first-order valence-corrected chi connectivity index (χ1v) is 10.9. The fourth-order valence-corrected chi connectivity index (χ4v) is 4.39. The first-order chi connectivity index (χ1) is 15.6. The number of benzene rings is 3. The maximum atomic E-state index is 14.8. The largest absolute Gasteiger partial charge is 0.313 e. The third-order valence-electron chi connectivity index (χ3n) is 6.06. The highest BCUT2D eigenvalue weighted by Gasteiger charge is 2.20. The van der Waals surface area contributed by atoms with E-state index >= 15 is 0 Å². The summed E-state index contributed by atoms with van der Waals surface area (Å²) in [7, 11) is 0. The number of aromatic amines is 1. The molecular weight excluding hydrogens is 515 g/mol. The molecule has 0 amide bonds. The minimum absolute atomic E-state index is 0. The molecule has 0 spiro atoms. The van der Waals surface area contributed by atoms with Gasteiger partial charge >= 0.3 is 0 Å². The lowest BCUT2D eigenvalue weighted by Gasteiger charge is -2.26. The van der Waals surface area contributed by atoms with Crippen molar-refractivity contribution in [2.24, 2.45) is 0 Å². The van der Waals surface area contributed by atoms with E-state index < -0.39 is 0 Å².